The van der Waals surface area contributed by atoms with Crippen LogP contribution < -0.4 is 15.2 Å². The molecule has 2 N–H and O–H groups in total. The maximum atomic E-state index is 5.79. The van der Waals surface area contributed by atoms with E-state index in [0.717, 1.165) is 33.9 Å². The van der Waals surface area contributed by atoms with Crippen molar-refractivity contribution in [2.45, 2.75) is 6.54 Å². The molecular formula is C17H15N3O2S. The molecular weight excluding hydrogens is 310 g/mol. The molecule has 1 aliphatic rings. The van der Waals surface area contributed by atoms with Crippen LogP contribution >= 0.6 is 12.2 Å². The fraction of sp³-hybridized carbons (Fsp3) is 0.176. The van der Waals surface area contributed by atoms with Crippen LogP contribution in [0.4, 0.5) is 0 Å². The lowest BCUT2D eigenvalue weighted by atomic mass is 10.2. The van der Waals surface area contributed by atoms with Crippen LogP contribution in [0, 0.1) is 0 Å². The summed E-state index contributed by atoms with van der Waals surface area (Å²) in [7, 11) is 0. The molecule has 0 amide bonds. The molecule has 0 bridgehead atoms. The number of nitrogens with two attached hydrogens (primary N) is 1. The third kappa shape index (κ3) is 2.51. The average molecular weight is 325 g/mol. The van der Waals surface area contributed by atoms with E-state index < -0.39 is 0 Å². The van der Waals surface area contributed by atoms with E-state index in [1.807, 2.05) is 47.0 Å². The van der Waals surface area contributed by atoms with Crippen LogP contribution in [0.3, 0.4) is 0 Å². The molecule has 2 aromatic carbocycles. The summed E-state index contributed by atoms with van der Waals surface area (Å²) < 4.78 is 13.3. The number of benzene rings is 2. The summed E-state index contributed by atoms with van der Waals surface area (Å²) in [5, 5.41) is 0. The fourth-order valence-electron chi connectivity index (χ4n) is 2.79. The van der Waals surface area contributed by atoms with Crippen molar-refractivity contribution in [2.75, 3.05) is 13.2 Å². The summed E-state index contributed by atoms with van der Waals surface area (Å²) >= 11 is 5.11. The Bertz CT molecular complexity index is 890. The minimum Gasteiger partial charge on any atom is -0.486 e. The quantitative estimate of drug-likeness (QED) is 0.750. The smallest absolute Gasteiger partial charge is 0.163 e. The lowest BCUT2D eigenvalue weighted by Gasteiger charge is -2.18. The van der Waals surface area contributed by atoms with Gasteiger partial charge in [-0.15, -0.1) is 0 Å². The molecule has 0 saturated heterocycles. The lowest BCUT2D eigenvalue weighted by molar-refractivity contribution is 0.172. The third-order valence-electron chi connectivity index (χ3n) is 3.76. The Morgan fingerprint density at radius 1 is 1.13 bits per heavy atom. The highest BCUT2D eigenvalue weighted by atomic mass is 32.1. The van der Waals surface area contributed by atoms with Crippen LogP contribution in [0.25, 0.3) is 22.4 Å². The van der Waals surface area contributed by atoms with Gasteiger partial charge >= 0.3 is 0 Å². The van der Waals surface area contributed by atoms with Crippen molar-refractivity contribution < 1.29 is 9.47 Å². The van der Waals surface area contributed by atoms with Crippen molar-refractivity contribution in [3.05, 3.63) is 42.5 Å². The van der Waals surface area contributed by atoms with Gasteiger partial charge in [-0.1, -0.05) is 42.5 Å². The Kier molecular flexibility index (Phi) is 3.38. The Balaban J connectivity index is 1.96. The standard InChI is InChI=1S/C17H15N3O2S/c18-16(23)10-20-13-9-15-14(21-6-7-22-15)8-12(13)19-17(20)11-4-2-1-3-5-11/h1-5,8-9H,6-7,10H2,(H2,18,23). The molecule has 1 aromatic heterocycles. The first-order valence-corrected chi connectivity index (χ1v) is 7.77. The van der Waals surface area contributed by atoms with Crippen molar-refractivity contribution in [1.29, 1.82) is 0 Å². The van der Waals surface area contributed by atoms with Crippen LogP contribution in [-0.2, 0) is 6.54 Å². The first kappa shape index (κ1) is 14.0. The van der Waals surface area contributed by atoms with Crippen LogP contribution in [-0.4, -0.2) is 27.8 Å². The summed E-state index contributed by atoms with van der Waals surface area (Å²) in [6, 6.07) is 13.8. The summed E-state index contributed by atoms with van der Waals surface area (Å²) in [5.41, 5.74) is 8.57. The predicted molar refractivity (Wildman–Crippen MR) is 92.9 cm³/mol. The van der Waals surface area contributed by atoms with Gasteiger partial charge in [0.05, 0.1) is 22.6 Å². The molecule has 1 aliphatic heterocycles. The van der Waals surface area contributed by atoms with E-state index in [-0.39, 0.29) is 0 Å². The summed E-state index contributed by atoms with van der Waals surface area (Å²) in [6.07, 6.45) is 0. The number of hydrogen-bond acceptors (Lipinski definition) is 4. The number of imidazole rings is 1. The van der Waals surface area contributed by atoms with Crippen LogP contribution in [0.5, 0.6) is 11.5 Å². The van der Waals surface area contributed by atoms with E-state index in [4.69, 9.17) is 32.4 Å². The number of hydrogen-bond donors (Lipinski definition) is 1. The zero-order valence-corrected chi connectivity index (χ0v) is 13.2. The molecule has 0 fully saturated rings. The highest BCUT2D eigenvalue weighted by molar-refractivity contribution is 7.80. The van der Waals surface area contributed by atoms with Gasteiger partial charge in [0.15, 0.2) is 11.5 Å². The number of aromatic nitrogens is 2. The van der Waals surface area contributed by atoms with Crippen molar-refractivity contribution in [3.63, 3.8) is 0 Å². The van der Waals surface area contributed by atoms with Crippen molar-refractivity contribution >= 4 is 28.2 Å². The second kappa shape index (κ2) is 5.55. The molecule has 0 unspecified atom stereocenters. The number of thiocarbonyl (C=S) groups is 1. The molecule has 6 heteroatoms. The molecule has 5 nitrogen and oxygen atoms in total. The van der Waals surface area contributed by atoms with E-state index in [9.17, 15) is 0 Å². The fourth-order valence-corrected chi connectivity index (χ4v) is 2.91. The molecule has 2 heterocycles. The van der Waals surface area contributed by atoms with Crippen LogP contribution in [0.1, 0.15) is 0 Å². The van der Waals surface area contributed by atoms with E-state index >= 15 is 0 Å². The van der Waals surface area contributed by atoms with Gasteiger partial charge in [-0.3, -0.25) is 0 Å². The Morgan fingerprint density at radius 2 is 1.83 bits per heavy atom. The van der Waals surface area contributed by atoms with E-state index in [2.05, 4.69) is 0 Å². The highest BCUT2D eigenvalue weighted by Gasteiger charge is 2.19. The molecule has 116 valence electrons. The van der Waals surface area contributed by atoms with Gasteiger partial charge in [0.2, 0.25) is 0 Å². The molecule has 0 aliphatic carbocycles. The number of nitrogens with zero attached hydrogens (tertiary/aromatic N) is 2. The van der Waals surface area contributed by atoms with Gasteiger partial charge in [0.1, 0.15) is 19.0 Å². The van der Waals surface area contributed by atoms with Crippen molar-refractivity contribution in [1.82, 2.24) is 9.55 Å². The summed E-state index contributed by atoms with van der Waals surface area (Å²) in [6.45, 7) is 1.53. The molecule has 0 saturated carbocycles. The normalized spacial score (nSPS) is 13.2. The molecule has 3 aromatic rings. The van der Waals surface area contributed by atoms with Crippen molar-refractivity contribution in [3.8, 4) is 22.9 Å². The van der Waals surface area contributed by atoms with Crippen LogP contribution in [0.2, 0.25) is 0 Å². The Hall–Kier alpha value is -2.60. The zero-order valence-electron chi connectivity index (χ0n) is 12.4. The molecule has 0 atom stereocenters. The molecule has 4 rings (SSSR count). The van der Waals surface area contributed by atoms with Crippen LogP contribution in [0.15, 0.2) is 42.5 Å². The number of rotatable bonds is 3. The number of ether oxygens (including phenoxy) is 2. The van der Waals surface area contributed by atoms with Gasteiger partial charge in [-0.25, -0.2) is 4.98 Å². The number of fused-ring (bicyclic) bond motifs is 2. The van der Waals surface area contributed by atoms with E-state index in [1.165, 1.54) is 0 Å². The third-order valence-corrected chi connectivity index (χ3v) is 3.89. The first-order chi connectivity index (χ1) is 11.2. The lowest BCUT2D eigenvalue weighted by Crippen LogP contribution is -2.18. The summed E-state index contributed by atoms with van der Waals surface area (Å²) in [4.78, 5) is 5.17. The minimum atomic E-state index is 0.413. The monoisotopic (exact) mass is 325 g/mol. The van der Waals surface area contributed by atoms with E-state index in [1.54, 1.807) is 0 Å². The minimum absolute atomic E-state index is 0.413. The first-order valence-electron chi connectivity index (χ1n) is 7.36. The van der Waals surface area contributed by atoms with E-state index in [0.29, 0.717) is 24.7 Å². The SMILES string of the molecule is NC(=S)Cn1c(-c2ccccc2)nc2cc3c(cc21)OCCO3. The average Bonchev–Trinajstić information content (AvgIpc) is 2.91. The maximum absolute atomic E-state index is 5.79. The van der Waals surface area contributed by atoms with Gasteiger partial charge in [0, 0.05) is 17.7 Å². The Morgan fingerprint density at radius 3 is 2.52 bits per heavy atom. The van der Waals surface area contributed by atoms with Gasteiger partial charge < -0.3 is 19.8 Å². The molecule has 23 heavy (non-hydrogen) atoms. The van der Waals surface area contributed by atoms with Gasteiger partial charge in [-0.2, -0.15) is 0 Å². The van der Waals surface area contributed by atoms with Gasteiger partial charge in [0.25, 0.3) is 0 Å². The second-order valence-electron chi connectivity index (χ2n) is 5.34. The highest BCUT2D eigenvalue weighted by Crippen LogP contribution is 2.36. The Labute approximate surface area is 138 Å². The predicted octanol–water partition coefficient (Wildman–Crippen LogP) is 2.76. The van der Waals surface area contributed by atoms with Crippen molar-refractivity contribution in [2.24, 2.45) is 5.73 Å². The second-order valence-corrected chi connectivity index (χ2v) is 5.86. The zero-order chi connectivity index (χ0) is 15.8. The maximum Gasteiger partial charge on any atom is 0.163 e. The summed E-state index contributed by atoms with van der Waals surface area (Å²) in [5.74, 6) is 2.28. The topological polar surface area (TPSA) is 62.3 Å². The molecule has 0 spiro atoms. The molecule has 0 radical (unpaired) electrons. The van der Waals surface area contributed by atoms with Gasteiger partial charge in [-0.05, 0) is 0 Å². The largest absolute Gasteiger partial charge is 0.486 e.